The predicted octanol–water partition coefficient (Wildman–Crippen LogP) is 6.69. The molecule has 0 aliphatic heterocycles. The van der Waals surface area contributed by atoms with Gasteiger partial charge in [0.1, 0.15) is 5.82 Å². The number of hydrogen-bond acceptors (Lipinski definition) is 5. The van der Waals surface area contributed by atoms with E-state index in [9.17, 15) is 8.42 Å². The minimum atomic E-state index is -4.02. The highest BCUT2D eigenvalue weighted by atomic mass is 35.5. The minimum absolute atomic E-state index is 0.0528. The lowest BCUT2D eigenvalue weighted by Gasteiger charge is -2.21. The van der Waals surface area contributed by atoms with Gasteiger partial charge in [0.15, 0.2) is 0 Å². The number of aryl methyl sites for hydroxylation is 2. The zero-order valence-electron chi connectivity index (χ0n) is 16.6. The van der Waals surface area contributed by atoms with Crippen molar-refractivity contribution in [3.05, 3.63) is 86.6 Å². The van der Waals surface area contributed by atoms with Gasteiger partial charge in [-0.3, -0.25) is 0 Å². The van der Waals surface area contributed by atoms with E-state index in [4.69, 9.17) is 23.2 Å². The van der Waals surface area contributed by atoms with Crippen LogP contribution in [0.25, 0.3) is 15.8 Å². The topological polar surface area (TPSA) is 86.1 Å². The van der Waals surface area contributed by atoms with Gasteiger partial charge in [0.05, 0.1) is 20.5 Å². The Balaban J connectivity index is 1.78. The van der Waals surface area contributed by atoms with Gasteiger partial charge in [-0.25, -0.2) is 13.4 Å². The molecule has 0 aliphatic carbocycles. The Morgan fingerprint density at radius 1 is 0.839 bits per heavy atom. The molecule has 1 aromatic heterocycles. The number of hydrogen-bond donors (Lipinski definition) is 1. The third-order valence-electron chi connectivity index (χ3n) is 4.72. The summed E-state index contributed by atoms with van der Waals surface area (Å²) in [5.74, 6) is 0.132. The molecular weight excluding hydrogens is 455 g/mol. The molecule has 0 aliphatic rings. The quantitative estimate of drug-likeness (QED) is 0.350. The molecule has 4 rings (SSSR count). The van der Waals surface area contributed by atoms with Gasteiger partial charge < -0.3 is 15.0 Å². The molecule has 6 nitrogen and oxygen atoms in total. The van der Waals surface area contributed by atoms with Crippen molar-refractivity contribution in [3.63, 3.8) is 0 Å². The number of fused-ring (bicyclic) bond motifs is 1. The summed E-state index contributed by atoms with van der Waals surface area (Å²) in [7, 11) is -4.02. The number of nitrogens with zero attached hydrogens (tertiary/aromatic N) is 3. The van der Waals surface area contributed by atoms with E-state index in [1.807, 2.05) is 19.9 Å². The number of sulfonamides is 1. The summed E-state index contributed by atoms with van der Waals surface area (Å²) in [6, 6.07) is 17.0. The van der Waals surface area contributed by atoms with Crippen molar-refractivity contribution in [3.8, 4) is 0 Å². The first kappa shape index (κ1) is 21.4. The van der Waals surface area contributed by atoms with Crippen LogP contribution in [0.3, 0.4) is 0 Å². The van der Waals surface area contributed by atoms with Crippen molar-refractivity contribution in [2.45, 2.75) is 18.7 Å². The van der Waals surface area contributed by atoms with Gasteiger partial charge in [0.2, 0.25) is 10.0 Å². The molecule has 0 fully saturated rings. The number of halogens is 2. The van der Waals surface area contributed by atoms with Crippen molar-refractivity contribution in [2.75, 3.05) is 5.32 Å². The lowest BCUT2D eigenvalue weighted by molar-refractivity contribution is 0.603. The van der Waals surface area contributed by atoms with Crippen LogP contribution in [0.4, 0.5) is 17.3 Å². The molecule has 0 amide bonds. The second-order valence-corrected chi connectivity index (χ2v) is 9.37. The Bertz CT molecular complexity index is 1410. The summed E-state index contributed by atoms with van der Waals surface area (Å²) in [6.45, 7) is 3.76. The second-order valence-electron chi connectivity index (χ2n) is 6.95. The Labute approximate surface area is 190 Å². The third-order valence-corrected chi connectivity index (χ3v) is 6.72. The monoisotopic (exact) mass is 471 g/mol. The van der Waals surface area contributed by atoms with Gasteiger partial charge in [-0.2, -0.15) is 0 Å². The highest BCUT2D eigenvalue weighted by Crippen LogP contribution is 2.36. The summed E-state index contributed by atoms with van der Waals surface area (Å²) in [5, 5.41) is 3.80. The maximum Gasteiger partial charge on any atom is 0.202 e. The van der Waals surface area contributed by atoms with Crippen LogP contribution < -0.4 is 5.32 Å². The first-order valence-electron chi connectivity index (χ1n) is 9.27. The molecule has 0 bridgehead atoms. The summed E-state index contributed by atoms with van der Waals surface area (Å²) >= 11 is 12.1. The van der Waals surface area contributed by atoms with Crippen molar-refractivity contribution in [1.29, 1.82) is 0 Å². The van der Waals surface area contributed by atoms with Gasteiger partial charge in [-0.05, 0) is 72.7 Å². The van der Waals surface area contributed by atoms with Crippen LogP contribution in [0.15, 0.2) is 65.6 Å². The van der Waals surface area contributed by atoms with Gasteiger partial charge in [-0.15, -0.1) is 0 Å². The lowest BCUT2D eigenvalue weighted by atomic mass is 10.1. The van der Waals surface area contributed by atoms with Crippen LogP contribution in [0.1, 0.15) is 11.1 Å². The molecule has 31 heavy (non-hydrogen) atoms. The number of para-hydroxylation sites is 2. The van der Waals surface area contributed by atoms with E-state index in [1.54, 1.807) is 48.5 Å². The number of rotatable bonds is 5. The smallest absolute Gasteiger partial charge is 0.202 e. The first-order valence-corrected chi connectivity index (χ1v) is 11.5. The number of benzene rings is 3. The summed E-state index contributed by atoms with van der Waals surface area (Å²) in [5.41, 5.74) is 3.53. The molecule has 1 heterocycles. The average Bonchev–Trinajstić information content (AvgIpc) is 2.73. The van der Waals surface area contributed by atoms with E-state index < -0.39 is 10.0 Å². The molecule has 0 atom stereocenters. The number of anilines is 2. The Morgan fingerprint density at radius 3 is 2.23 bits per heavy atom. The molecular formula is C22H17Cl2N4O2S-. The van der Waals surface area contributed by atoms with Gasteiger partial charge in [-0.1, -0.05) is 47.5 Å². The molecule has 1 N–H and O–H groups in total. The molecule has 0 radical (unpaired) electrons. The molecule has 0 unspecified atom stereocenters. The molecule has 9 heteroatoms. The first-order chi connectivity index (χ1) is 14.7. The van der Waals surface area contributed by atoms with Crippen LogP contribution in [0, 0.1) is 13.8 Å². The maximum absolute atomic E-state index is 13.0. The normalized spacial score (nSPS) is 11.5. The van der Waals surface area contributed by atoms with Crippen molar-refractivity contribution in [1.82, 2.24) is 9.97 Å². The summed E-state index contributed by atoms with van der Waals surface area (Å²) < 4.78 is 30.0. The average molecular weight is 472 g/mol. The molecule has 0 saturated heterocycles. The number of aromatic nitrogens is 2. The van der Waals surface area contributed by atoms with Crippen molar-refractivity contribution >= 4 is 61.6 Å². The van der Waals surface area contributed by atoms with E-state index in [-0.39, 0.29) is 16.5 Å². The summed E-state index contributed by atoms with van der Waals surface area (Å²) in [4.78, 5) is 9.05. The fourth-order valence-electron chi connectivity index (χ4n) is 2.89. The maximum atomic E-state index is 13.0. The second kappa shape index (κ2) is 8.34. The zero-order valence-corrected chi connectivity index (χ0v) is 18.9. The van der Waals surface area contributed by atoms with E-state index in [0.29, 0.717) is 26.8 Å². The third kappa shape index (κ3) is 4.58. The largest absolute Gasteiger partial charge is 0.431 e. The van der Waals surface area contributed by atoms with Crippen LogP contribution in [-0.2, 0) is 10.0 Å². The lowest BCUT2D eigenvalue weighted by Crippen LogP contribution is -2.03. The van der Waals surface area contributed by atoms with Crippen LogP contribution in [0.2, 0.25) is 10.0 Å². The minimum Gasteiger partial charge on any atom is -0.431 e. The molecule has 4 aromatic rings. The fraction of sp³-hybridized carbons (Fsp3) is 0.0909. The van der Waals surface area contributed by atoms with E-state index in [0.717, 1.165) is 11.1 Å². The fourth-order valence-corrected chi connectivity index (χ4v) is 4.21. The van der Waals surface area contributed by atoms with Gasteiger partial charge >= 0.3 is 0 Å². The highest BCUT2D eigenvalue weighted by molar-refractivity contribution is 7.94. The van der Waals surface area contributed by atoms with Crippen molar-refractivity contribution < 1.29 is 8.42 Å². The van der Waals surface area contributed by atoms with E-state index >= 15 is 0 Å². The summed E-state index contributed by atoms with van der Waals surface area (Å²) in [6.07, 6.45) is 0. The van der Waals surface area contributed by atoms with E-state index in [2.05, 4.69) is 20.0 Å². The Kier molecular flexibility index (Phi) is 5.75. The van der Waals surface area contributed by atoms with Crippen molar-refractivity contribution in [2.24, 2.45) is 0 Å². The van der Waals surface area contributed by atoms with Crippen LogP contribution in [-0.4, -0.2) is 18.4 Å². The van der Waals surface area contributed by atoms with E-state index in [1.165, 1.54) is 6.07 Å². The predicted molar refractivity (Wildman–Crippen MR) is 125 cm³/mol. The Morgan fingerprint density at radius 2 is 1.55 bits per heavy atom. The van der Waals surface area contributed by atoms with Crippen LogP contribution >= 0.6 is 23.2 Å². The Hall–Kier alpha value is -2.87. The zero-order chi connectivity index (χ0) is 22.2. The molecule has 158 valence electrons. The molecule has 3 aromatic carbocycles. The van der Waals surface area contributed by atoms with Gasteiger partial charge in [0, 0.05) is 5.69 Å². The van der Waals surface area contributed by atoms with Crippen LogP contribution in [0.5, 0.6) is 0 Å². The van der Waals surface area contributed by atoms with Gasteiger partial charge in [0.25, 0.3) is 0 Å². The standard InChI is InChI=1S/C22H17Cl2N4O2S/c1-13-7-9-16(11-14(13)2)31(29,30)28-22-21(25-15-8-10-17(23)18(24)12-15)26-19-5-3-4-6-20(19)27-22/h3-12H,1-2H3,(H-,25,26,27,28)/q-1. The highest BCUT2D eigenvalue weighted by Gasteiger charge is 2.14. The molecule has 0 saturated carbocycles. The SMILES string of the molecule is Cc1ccc(S(=O)(=O)[N-]c2nc3ccccc3nc2Nc2ccc(Cl)c(Cl)c2)cc1C. The molecule has 0 spiro atoms. The number of nitrogens with one attached hydrogen (secondary N) is 1.